The molecule has 0 aliphatic carbocycles. The van der Waals surface area contributed by atoms with E-state index in [1.807, 2.05) is 30.3 Å². The Morgan fingerprint density at radius 2 is 2.05 bits per heavy atom. The van der Waals surface area contributed by atoms with Gasteiger partial charge in [-0.25, -0.2) is 13.5 Å². The predicted molar refractivity (Wildman–Crippen MR) is 72.0 cm³/mol. The van der Waals surface area contributed by atoms with Crippen molar-refractivity contribution in [2.24, 2.45) is 0 Å². The maximum atomic E-state index is 13.0. The lowest BCUT2D eigenvalue weighted by Gasteiger charge is -2.17. The van der Waals surface area contributed by atoms with Crippen LogP contribution in [-0.4, -0.2) is 34.0 Å². The van der Waals surface area contributed by atoms with Crippen molar-refractivity contribution in [1.82, 2.24) is 15.1 Å². The van der Waals surface area contributed by atoms with Crippen LogP contribution in [0.4, 0.5) is 8.78 Å². The number of alkyl halides is 2. The third-order valence-electron chi connectivity index (χ3n) is 3.02. The summed E-state index contributed by atoms with van der Waals surface area (Å²) in [7, 11) is 0. The van der Waals surface area contributed by atoms with Crippen LogP contribution in [0.2, 0.25) is 0 Å². The lowest BCUT2D eigenvalue weighted by atomic mass is 10.2. The first kappa shape index (κ1) is 14.6. The summed E-state index contributed by atoms with van der Waals surface area (Å²) in [5.41, 5.74) is 1.72. The number of para-hydroxylation sites is 1. The fourth-order valence-electron chi connectivity index (χ4n) is 1.76. The quantitative estimate of drug-likeness (QED) is 0.853. The van der Waals surface area contributed by atoms with Crippen LogP contribution in [-0.2, 0) is 0 Å². The molecule has 6 heteroatoms. The summed E-state index contributed by atoms with van der Waals surface area (Å²) < 4.78 is 27.6. The lowest BCUT2D eigenvalue weighted by Crippen LogP contribution is -2.36. The molecule has 2 rings (SSSR count). The Morgan fingerprint density at radius 1 is 1.35 bits per heavy atom. The molecule has 1 atom stereocenters. The average Bonchev–Trinajstić information content (AvgIpc) is 2.96. The van der Waals surface area contributed by atoms with E-state index >= 15 is 0 Å². The number of nitrogens with one attached hydrogen (secondary N) is 1. The van der Waals surface area contributed by atoms with Gasteiger partial charge in [0.15, 0.2) is 0 Å². The molecule has 0 aliphatic rings. The molecule has 0 fully saturated rings. The Hall–Kier alpha value is -1.79. The Morgan fingerprint density at radius 3 is 2.70 bits per heavy atom. The van der Waals surface area contributed by atoms with E-state index in [2.05, 4.69) is 10.4 Å². The fraction of sp³-hybridized carbons (Fsp3) is 0.357. The van der Waals surface area contributed by atoms with Gasteiger partial charge in [0.25, 0.3) is 5.92 Å². The van der Waals surface area contributed by atoms with Crippen LogP contribution < -0.4 is 5.32 Å². The second-order valence-corrected chi connectivity index (χ2v) is 4.67. The molecule has 0 radical (unpaired) electrons. The van der Waals surface area contributed by atoms with Crippen LogP contribution in [0, 0.1) is 0 Å². The lowest BCUT2D eigenvalue weighted by molar-refractivity contribution is -0.0490. The van der Waals surface area contributed by atoms with Crippen molar-refractivity contribution in [2.75, 3.05) is 13.2 Å². The highest BCUT2D eigenvalue weighted by Crippen LogP contribution is 2.17. The topological polar surface area (TPSA) is 50.1 Å². The Labute approximate surface area is 116 Å². The summed E-state index contributed by atoms with van der Waals surface area (Å²) in [4.78, 5) is 0. The van der Waals surface area contributed by atoms with Gasteiger partial charge in [-0.1, -0.05) is 18.2 Å². The van der Waals surface area contributed by atoms with Gasteiger partial charge in [-0.3, -0.25) is 0 Å². The van der Waals surface area contributed by atoms with Crippen LogP contribution >= 0.6 is 0 Å². The van der Waals surface area contributed by atoms with Crippen LogP contribution in [0.5, 0.6) is 0 Å². The SMILES string of the molecule is CC(NCC(F)(F)CO)c1cnn(-c2ccccc2)c1. The number of hydrogen-bond donors (Lipinski definition) is 2. The molecule has 0 amide bonds. The molecule has 0 aliphatic heterocycles. The van der Waals surface area contributed by atoms with Gasteiger partial charge in [0, 0.05) is 17.8 Å². The first-order valence-electron chi connectivity index (χ1n) is 6.34. The minimum atomic E-state index is -3.11. The van der Waals surface area contributed by atoms with Crippen molar-refractivity contribution < 1.29 is 13.9 Å². The summed E-state index contributed by atoms with van der Waals surface area (Å²) in [6, 6.07) is 9.27. The van der Waals surface area contributed by atoms with E-state index in [0.29, 0.717) is 0 Å². The summed E-state index contributed by atoms with van der Waals surface area (Å²) >= 11 is 0. The first-order valence-corrected chi connectivity index (χ1v) is 6.34. The number of hydrogen-bond acceptors (Lipinski definition) is 3. The normalized spacial score (nSPS) is 13.4. The predicted octanol–water partition coefficient (Wildman–Crippen LogP) is 2.15. The first-order chi connectivity index (χ1) is 9.52. The summed E-state index contributed by atoms with van der Waals surface area (Å²) in [6.07, 6.45) is 3.44. The summed E-state index contributed by atoms with van der Waals surface area (Å²) in [5.74, 6) is -3.11. The number of aromatic nitrogens is 2. The number of benzene rings is 1. The molecule has 0 saturated heterocycles. The Kier molecular flexibility index (Phi) is 4.46. The van der Waals surface area contributed by atoms with Gasteiger partial charge in [0.1, 0.15) is 6.61 Å². The molecule has 0 bridgehead atoms. The Bertz CT molecular complexity index is 542. The van der Waals surface area contributed by atoms with Gasteiger partial charge in [0.2, 0.25) is 0 Å². The molecule has 0 saturated carbocycles. The minimum Gasteiger partial charge on any atom is -0.390 e. The molecule has 20 heavy (non-hydrogen) atoms. The van der Waals surface area contributed by atoms with E-state index in [9.17, 15) is 8.78 Å². The zero-order chi connectivity index (χ0) is 14.6. The van der Waals surface area contributed by atoms with Crippen molar-refractivity contribution in [1.29, 1.82) is 0 Å². The van der Waals surface area contributed by atoms with Gasteiger partial charge < -0.3 is 10.4 Å². The zero-order valence-corrected chi connectivity index (χ0v) is 11.1. The molecule has 1 aromatic heterocycles. The van der Waals surface area contributed by atoms with Crippen molar-refractivity contribution in [2.45, 2.75) is 18.9 Å². The van der Waals surface area contributed by atoms with Crippen LogP contribution in [0.25, 0.3) is 5.69 Å². The molecule has 2 N–H and O–H groups in total. The third-order valence-corrected chi connectivity index (χ3v) is 3.02. The maximum absolute atomic E-state index is 13.0. The van der Waals surface area contributed by atoms with Crippen molar-refractivity contribution >= 4 is 0 Å². The van der Waals surface area contributed by atoms with Crippen molar-refractivity contribution in [3.8, 4) is 5.69 Å². The molecule has 1 heterocycles. The van der Waals surface area contributed by atoms with E-state index in [1.54, 1.807) is 24.0 Å². The number of aliphatic hydroxyl groups excluding tert-OH is 1. The Balaban J connectivity index is 2.02. The molecule has 2 aromatic rings. The van der Waals surface area contributed by atoms with Gasteiger partial charge in [-0.05, 0) is 19.1 Å². The highest BCUT2D eigenvalue weighted by atomic mass is 19.3. The van der Waals surface area contributed by atoms with E-state index in [4.69, 9.17) is 5.11 Å². The number of aliphatic hydroxyl groups is 1. The average molecular weight is 281 g/mol. The molecule has 1 aromatic carbocycles. The number of nitrogens with zero attached hydrogens (tertiary/aromatic N) is 2. The third kappa shape index (κ3) is 3.61. The molecular formula is C14H17F2N3O. The molecule has 1 unspecified atom stereocenters. The molecule has 4 nitrogen and oxygen atoms in total. The van der Waals surface area contributed by atoms with Crippen molar-refractivity contribution in [3.05, 3.63) is 48.3 Å². The molecular weight excluding hydrogens is 264 g/mol. The van der Waals surface area contributed by atoms with Gasteiger partial charge >= 0.3 is 0 Å². The van der Waals surface area contributed by atoms with E-state index in [0.717, 1.165) is 11.3 Å². The van der Waals surface area contributed by atoms with Gasteiger partial charge in [-0.15, -0.1) is 0 Å². The van der Waals surface area contributed by atoms with E-state index in [-0.39, 0.29) is 6.04 Å². The van der Waals surface area contributed by atoms with Crippen molar-refractivity contribution in [3.63, 3.8) is 0 Å². The van der Waals surface area contributed by atoms with Crippen LogP contribution in [0.15, 0.2) is 42.7 Å². The minimum absolute atomic E-state index is 0.273. The molecule has 108 valence electrons. The highest BCUT2D eigenvalue weighted by molar-refractivity contribution is 5.31. The standard InChI is InChI=1S/C14H17F2N3O/c1-11(17-9-14(15,16)10-20)12-7-18-19(8-12)13-5-3-2-4-6-13/h2-8,11,17,20H,9-10H2,1H3. The zero-order valence-electron chi connectivity index (χ0n) is 11.1. The second kappa shape index (κ2) is 6.11. The smallest absolute Gasteiger partial charge is 0.282 e. The van der Waals surface area contributed by atoms with Gasteiger partial charge in [-0.2, -0.15) is 5.10 Å². The second-order valence-electron chi connectivity index (χ2n) is 4.67. The maximum Gasteiger partial charge on any atom is 0.282 e. The monoisotopic (exact) mass is 281 g/mol. The summed E-state index contributed by atoms with van der Waals surface area (Å²) in [6.45, 7) is 0.0526. The van der Waals surface area contributed by atoms with E-state index < -0.39 is 19.1 Å². The largest absolute Gasteiger partial charge is 0.390 e. The number of halogens is 2. The van der Waals surface area contributed by atoms with Gasteiger partial charge in [0.05, 0.1) is 18.4 Å². The molecule has 0 spiro atoms. The number of rotatable bonds is 6. The van der Waals surface area contributed by atoms with E-state index in [1.165, 1.54) is 0 Å². The van der Waals surface area contributed by atoms with Crippen LogP contribution in [0.1, 0.15) is 18.5 Å². The highest BCUT2D eigenvalue weighted by Gasteiger charge is 2.28. The fourth-order valence-corrected chi connectivity index (χ4v) is 1.76. The summed E-state index contributed by atoms with van der Waals surface area (Å²) in [5, 5.41) is 15.4. The van der Waals surface area contributed by atoms with Crippen LogP contribution in [0.3, 0.4) is 0 Å².